The molecule has 1 N–H and O–H groups in total. The molecule has 0 bridgehead atoms. The summed E-state index contributed by atoms with van der Waals surface area (Å²) in [6.07, 6.45) is 0.861. The van der Waals surface area contributed by atoms with Crippen LogP contribution in [0.5, 0.6) is 11.5 Å². The third-order valence-electron chi connectivity index (χ3n) is 5.33. The molecule has 0 saturated carbocycles. The van der Waals surface area contributed by atoms with Crippen LogP contribution in [-0.4, -0.2) is 42.5 Å². The fraction of sp³-hybridized carbons (Fsp3) is 0.440. The minimum absolute atomic E-state index is 0.0629. The van der Waals surface area contributed by atoms with Crippen LogP contribution in [0.25, 0.3) is 0 Å². The molecular weight excluding hydrogens is 472 g/mol. The van der Waals surface area contributed by atoms with Gasteiger partial charge in [0.15, 0.2) is 11.5 Å². The molecule has 2 aromatic carbocycles. The summed E-state index contributed by atoms with van der Waals surface area (Å²) in [5, 5.41) is 2.95. The summed E-state index contributed by atoms with van der Waals surface area (Å²) in [5.41, 5.74) is 1.97. The number of carbonyl (C=O) groups excluding carboxylic acids is 2. The summed E-state index contributed by atoms with van der Waals surface area (Å²) in [7, 11) is 0. The second-order valence-corrected chi connectivity index (χ2v) is 9.36. The van der Waals surface area contributed by atoms with Gasteiger partial charge in [-0.25, -0.2) is 0 Å². The molecule has 172 valence electrons. The maximum Gasteiger partial charge on any atom is 0.242 e. The highest BCUT2D eigenvalue weighted by Crippen LogP contribution is 2.31. The van der Waals surface area contributed by atoms with Gasteiger partial charge in [-0.2, -0.15) is 0 Å². The molecule has 0 saturated heterocycles. The van der Waals surface area contributed by atoms with Crippen molar-refractivity contribution < 1.29 is 19.1 Å². The Kier molecular flexibility index (Phi) is 8.56. The van der Waals surface area contributed by atoms with Gasteiger partial charge in [0.1, 0.15) is 19.3 Å². The van der Waals surface area contributed by atoms with Crippen molar-refractivity contribution in [3.05, 3.63) is 58.1 Å². The maximum atomic E-state index is 13.3. The Balaban J connectivity index is 1.70. The molecule has 0 aliphatic carbocycles. The van der Waals surface area contributed by atoms with Crippen molar-refractivity contribution in [2.75, 3.05) is 19.8 Å². The molecule has 1 aliphatic rings. The number of hydrogen-bond acceptors (Lipinski definition) is 4. The molecule has 0 aromatic heterocycles. The summed E-state index contributed by atoms with van der Waals surface area (Å²) < 4.78 is 12.2. The van der Waals surface area contributed by atoms with Crippen LogP contribution in [0.15, 0.2) is 46.9 Å². The second-order valence-electron chi connectivity index (χ2n) is 8.44. The number of benzene rings is 2. The van der Waals surface area contributed by atoms with Gasteiger partial charge in [0, 0.05) is 24.0 Å². The van der Waals surface area contributed by atoms with Gasteiger partial charge >= 0.3 is 0 Å². The summed E-state index contributed by atoms with van der Waals surface area (Å²) in [4.78, 5) is 27.7. The lowest BCUT2D eigenvalue weighted by Crippen LogP contribution is -2.48. The first-order valence-electron chi connectivity index (χ1n) is 11.0. The first kappa shape index (κ1) is 24.1. The van der Waals surface area contributed by atoms with Gasteiger partial charge < -0.3 is 19.7 Å². The van der Waals surface area contributed by atoms with E-state index in [2.05, 4.69) is 21.2 Å². The largest absolute Gasteiger partial charge is 0.486 e. The predicted octanol–water partition coefficient (Wildman–Crippen LogP) is 4.34. The van der Waals surface area contributed by atoms with Crippen molar-refractivity contribution in [2.24, 2.45) is 5.92 Å². The summed E-state index contributed by atoms with van der Waals surface area (Å²) >= 11 is 3.48. The zero-order valence-corrected chi connectivity index (χ0v) is 20.5. The molecule has 32 heavy (non-hydrogen) atoms. The first-order valence-corrected chi connectivity index (χ1v) is 11.8. The van der Waals surface area contributed by atoms with Crippen molar-refractivity contribution >= 4 is 27.7 Å². The molecule has 0 unspecified atom stereocenters. The minimum atomic E-state index is -0.569. The van der Waals surface area contributed by atoms with Gasteiger partial charge in [-0.05, 0) is 54.7 Å². The lowest BCUT2D eigenvalue weighted by atomic mass is 10.1. The van der Waals surface area contributed by atoms with E-state index in [0.29, 0.717) is 50.8 Å². The maximum absolute atomic E-state index is 13.3. The van der Waals surface area contributed by atoms with E-state index in [4.69, 9.17) is 9.47 Å². The SMILES string of the molecule is CC(C)CNC(=O)[C@@H](C)N(Cc1cccc(Br)c1)C(=O)CCc1ccc2c(c1)OCCO2. The van der Waals surface area contributed by atoms with Crippen molar-refractivity contribution in [1.29, 1.82) is 0 Å². The van der Waals surface area contributed by atoms with E-state index in [1.807, 2.05) is 56.3 Å². The number of rotatable bonds is 9. The Morgan fingerprint density at radius 2 is 1.78 bits per heavy atom. The lowest BCUT2D eigenvalue weighted by Gasteiger charge is -2.29. The fourth-order valence-corrected chi connectivity index (χ4v) is 3.95. The molecule has 1 aliphatic heterocycles. The Bertz CT molecular complexity index is 947. The second kappa shape index (κ2) is 11.4. The van der Waals surface area contributed by atoms with Gasteiger partial charge in [0.2, 0.25) is 11.8 Å². The third kappa shape index (κ3) is 6.73. The average molecular weight is 503 g/mol. The van der Waals surface area contributed by atoms with Crippen LogP contribution in [0, 0.1) is 5.92 Å². The van der Waals surface area contributed by atoms with Gasteiger partial charge in [-0.15, -0.1) is 0 Å². The Hall–Kier alpha value is -2.54. The third-order valence-corrected chi connectivity index (χ3v) is 5.82. The average Bonchev–Trinajstić information content (AvgIpc) is 2.78. The van der Waals surface area contributed by atoms with E-state index in [-0.39, 0.29) is 11.8 Å². The van der Waals surface area contributed by atoms with Crippen LogP contribution in [0.2, 0.25) is 0 Å². The number of nitrogens with one attached hydrogen (secondary N) is 1. The fourth-order valence-electron chi connectivity index (χ4n) is 3.51. The summed E-state index contributed by atoms with van der Waals surface area (Å²) in [6.45, 7) is 7.90. The van der Waals surface area contributed by atoms with Crippen LogP contribution < -0.4 is 14.8 Å². The molecule has 0 spiro atoms. The highest BCUT2D eigenvalue weighted by atomic mass is 79.9. The number of halogens is 1. The quantitative estimate of drug-likeness (QED) is 0.553. The van der Waals surface area contributed by atoms with E-state index >= 15 is 0 Å². The predicted molar refractivity (Wildman–Crippen MR) is 128 cm³/mol. The molecule has 1 atom stereocenters. The molecule has 0 radical (unpaired) electrons. The molecular formula is C25H31BrN2O4. The molecule has 2 amide bonds. The lowest BCUT2D eigenvalue weighted by molar-refractivity contribution is -0.140. The number of nitrogens with zero attached hydrogens (tertiary/aromatic N) is 1. The number of aryl methyl sites for hydroxylation is 1. The Morgan fingerprint density at radius 3 is 2.50 bits per heavy atom. The number of hydrogen-bond donors (Lipinski definition) is 1. The first-order chi connectivity index (χ1) is 15.3. The van der Waals surface area contributed by atoms with Crippen molar-refractivity contribution in [3.8, 4) is 11.5 Å². The van der Waals surface area contributed by atoms with Gasteiger partial charge in [-0.1, -0.05) is 48.0 Å². The van der Waals surface area contributed by atoms with E-state index in [0.717, 1.165) is 21.3 Å². The van der Waals surface area contributed by atoms with Crippen LogP contribution in [0.4, 0.5) is 0 Å². The summed E-state index contributed by atoms with van der Waals surface area (Å²) in [6, 6.07) is 13.0. The van der Waals surface area contributed by atoms with E-state index < -0.39 is 6.04 Å². The van der Waals surface area contributed by atoms with Gasteiger partial charge in [0.25, 0.3) is 0 Å². The summed E-state index contributed by atoms with van der Waals surface area (Å²) in [5.74, 6) is 1.59. The highest BCUT2D eigenvalue weighted by Gasteiger charge is 2.26. The monoisotopic (exact) mass is 502 g/mol. The van der Waals surface area contributed by atoms with E-state index in [9.17, 15) is 9.59 Å². The minimum Gasteiger partial charge on any atom is -0.486 e. The van der Waals surface area contributed by atoms with Crippen LogP contribution in [-0.2, 0) is 22.6 Å². The number of ether oxygens (including phenoxy) is 2. The standard InChI is InChI=1S/C25H31BrN2O4/c1-17(2)15-27-25(30)18(3)28(16-20-5-4-6-21(26)13-20)24(29)10-8-19-7-9-22-23(14-19)32-12-11-31-22/h4-7,9,13-14,17-18H,8,10-12,15-16H2,1-3H3,(H,27,30)/t18-/m1/s1. The molecule has 3 rings (SSSR count). The van der Waals surface area contributed by atoms with Crippen molar-refractivity contribution in [2.45, 2.75) is 46.2 Å². The molecule has 0 fully saturated rings. The van der Waals surface area contributed by atoms with Gasteiger partial charge in [0.05, 0.1) is 0 Å². The van der Waals surface area contributed by atoms with Crippen molar-refractivity contribution in [3.63, 3.8) is 0 Å². The number of fused-ring (bicyclic) bond motifs is 1. The Labute approximate surface area is 198 Å². The molecule has 1 heterocycles. The zero-order valence-electron chi connectivity index (χ0n) is 18.9. The smallest absolute Gasteiger partial charge is 0.242 e. The number of carbonyl (C=O) groups is 2. The van der Waals surface area contributed by atoms with Crippen LogP contribution >= 0.6 is 15.9 Å². The van der Waals surface area contributed by atoms with Gasteiger partial charge in [-0.3, -0.25) is 9.59 Å². The molecule has 2 aromatic rings. The van der Waals surface area contributed by atoms with E-state index in [1.54, 1.807) is 11.8 Å². The normalized spacial score (nSPS) is 13.5. The van der Waals surface area contributed by atoms with E-state index in [1.165, 1.54) is 0 Å². The van der Waals surface area contributed by atoms with Crippen LogP contribution in [0.3, 0.4) is 0 Å². The van der Waals surface area contributed by atoms with Crippen LogP contribution in [0.1, 0.15) is 38.3 Å². The zero-order chi connectivity index (χ0) is 23.1. The number of amides is 2. The molecule has 6 nitrogen and oxygen atoms in total. The topological polar surface area (TPSA) is 67.9 Å². The Morgan fingerprint density at radius 1 is 1.03 bits per heavy atom. The van der Waals surface area contributed by atoms with Crippen molar-refractivity contribution in [1.82, 2.24) is 10.2 Å². The molecule has 7 heteroatoms. The highest BCUT2D eigenvalue weighted by molar-refractivity contribution is 9.10.